The zero-order valence-corrected chi connectivity index (χ0v) is 22.5. The second-order valence-corrected chi connectivity index (χ2v) is 9.46. The van der Waals surface area contributed by atoms with Crippen molar-refractivity contribution in [2.75, 3.05) is 66.9 Å². The summed E-state index contributed by atoms with van der Waals surface area (Å²) in [4.78, 5) is 25.2. The van der Waals surface area contributed by atoms with Gasteiger partial charge in [-0.2, -0.15) is 9.97 Å². The number of piperazine rings is 1. The molecule has 0 saturated carbocycles. The van der Waals surface area contributed by atoms with Gasteiger partial charge < -0.3 is 36.2 Å². The fraction of sp³-hybridized carbons (Fsp3) is 0.296. The van der Waals surface area contributed by atoms with E-state index in [0.717, 1.165) is 37.4 Å². The van der Waals surface area contributed by atoms with Crippen molar-refractivity contribution in [2.45, 2.75) is 13.0 Å². The molecule has 10 nitrogen and oxygen atoms in total. The number of hydrogen-bond donors (Lipinski definition) is 4. The van der Waals surface area contributed by atoms with Gasteiger partial charge in [0.2, 0.25) is 11.9 Å². The van der Waals surface area contributed by atoms with Gasteiger partial charge in [0.15, 0.2) is 5.82 Å². The number of rotatable bonds is 9. The number of amides is 1. The van der Waals surface area contributed by atoms with Crippen molar-refractivity contribution in [3.8, 4) is 5.75 Å². The molecule has 1 fully saturated rings. The van der Waals surface area contributed by atoms with Crippen molar-refractivity contribution in [3.05, 3.63) is 65.7 Å². The lowest BCUT2D eigenvalue weighted by molar-refractivity contribution is -0.111. The van der Waals surface area contributed by atoms with E-state index in [2.05, 4.69) is 55.4 Å². The molecule has 0 bridgehead atoms. The van der Waals surface area contributed by atoms with Crippen molar-refractivity contribution in [3.63, 3.8) is 0 Å². The minimum Gasteiger partial charge on any atom is -0.494 e. The summed E-state index contributed by atoms with van der Waals surface area (Å²) in [5, 5.41) is 9.48. The summed E-state index contributed by atoms with van der Waals surface area (Å²) >= 11 is 6.45. The molecule has 38 heavy (non-hydrogen) atoms. The number of halogens is 1. The number of carbonyl (C=O) groups is 1. The van der Waals surface area contributed by atoms with E-state index >= 15 is 0 Å². The van der Waals surface area contributed by atoms with E-state index in [1.54, 1.807) is 13.2 Å². The molecule has 2 aromatic carbocycles. The van der Waals surface area contributed by atoms with E-state index < -0.39 is 0 Å². The molecular formula is C27H33ClN8O2. The molecule has 0 radical (unpaired) electrons. The van der Waals surface area contributed by atoms with Crippen LogP contribution in [0, 0.1) is 0 Å². The Bertz CT molecular complexity index is 1310. The van der Waals surface area contributed by atoms with E-state index in [1.807, 2.05) is 37.3 Å². The van der Waals surface area contributed by atoms with E-state index in [9.17, 15) is 4.79 Å². The molecular weight excluding hydrogens is 504 g/mol. The third kappa shape index (κ3) is 6.45. The van der Waals surface area contributed by atoms with E-state index in [0.29, 0.717) is 22.9 Å². The van der Waals surface area contributed by atoms with Crippen LogP contribution in [-0.4, -0.2) is 61.1 Å². The normalized spacial score (nSPS) is 14.5. The summed E-state index contributed by atoms with van der Waals surface area (Å²) in [5.41, 5.74) is 9.50. The number of likely N-dealkylation sites (N-methyl/N-ethyl adjacent to an activating group) is 1. The number of aromatic nitrogens is 2. The standard InChI is InChI=1S/C27H33ClN8O2/c1-5-23(37)31-19-8-6-7-18(15-19)17(2)30-26-24(28)25(29)33-27(34-26)32-21-10-9-20(16-22(21)38-4)36-13-11-35(3)12-14-36/h5-10,15-17H,1,11-14H2,2-4H3,(H,31,37)(H4,29,30,32,33,34). The van der Waals surface area contributed by atoms with E-state index in [-0.39, 0.29) is 28.7 Å². The number of ether oxygens (including phenoxy) is 1. The zero-order chi connectivity index (χ0) is 27.2. The molecule has 2 heterocycles. The lowest BCUT2D eigenvalue weighted by atomic mass is 10.1. The quantitative estimate of drug-likeness (QED) is 0.292. The highest BCUT2D eigenvalue weighted by atomic mass is 35.5. The Balaban J connectivity index is 1.52. The SMILES string of the molecule is C=CC(=O)Nc1cccc(C(C)Nc2nc(Nc3ccc(N4CCN(C)CC4)cc3OC)nc(N)c2Cl)c1. The number of nitrogens with one attached hydrogen (secondary N) is 3. The minimum atomic E-state index is -0.280. The number of anilines is 6. The van der Waals surface area contributed by atoms with Gasteiger partial charge in [0.1, 0.15) is 16.6 Å². The Morgan fingerprint density at radius 3 is 2.66 bits per heavy atom. The lowest BCUT2D eigenvalue weighted by Crippen LogP contribution is -2.44. The van der Waals surface area contributed by atoms with Crippen molar-refractivity contribution < 1.29 is 9.53 Å². The average molecular weight is 537 g/mol. The summed E-state index contributed by atoms with van der Waals surface area (Å²) in [6.45, 7) is 9.39. The highest BCUT2D eigenvalue weighted by Gasteiger charge is 2.18. The number of methoxy groups -OCH3 is 1. The Labute approximate surface area is 227 Å². The van der Waals surface area contributed by atoms with Crippen molar-refractivity contribution >= 4 is 52.2 Å². The molecule has 1 aliphatic rings. The minimum absolute atomic E-state index is 0.138. The lowest BCUT2D eigenvalue weighted by Gasteiger charge is -2.34. The Morgan fingerprint density at radius 1 is 1.18 bits per heavy atom. The van der Waals surface area contributed by atoms with E-state index in [1.165, 1.54) is 6.08 Å². The van der Waals surface area contributed by atoms with Gasteiger partial charge in [-0.1, -0.05) is 30.3 Å². The maximum absolute atomic E-state index is 11.7. The number of hydrogen-bond acceptors (Lipinski definition) is 9. The predicted molar refractivity (Wildman–Crippen MR) is 155 cm³/mol. The number of carbonyl (C=O) groups excluding carboxylic acids is 1. The molecule has 1 aromatic heterocycles. The molecule has 1 unspecified atom stereocenters. The number of nitrogens with zero attached hydrogens (tertiary/aromatic N) is 4. The summed E-state index contributed by atoms with van der Waals surface area (Å²) in [6, 6.07) is 13.3. The molecule has 0 spiro atoms. The second kappa shape index (κ2) is 12.0. The highest BCUT2D eigenvalue weighted by Crippen LogP contribution is 2.34. The van der Waals surface area contributed by atoms with Crippen LogP contribution in [0.4, 0.5) is 34.6 Å². The van der Waals surface area contributed by atoms with Crippen LogP contribution in [0.2, 0.25) is 5.02 Å². The van der Waals surface area contributed by atoms with Crippen molar-refractivity contribution in [1.82, 2.24) is 14.9 Å². The molecule has 5 N–H and O–H groups in total. The Kier molecular flexibility index (Phi) is 8.55. The first-order valence-electron chi connectivity index (χ1n) is 12.3. The van der Waals surface area contributed by atoms with Crippen LogP contribution >= 0.6 is 11.6 Å². The van der Waals surface area contributed by atoms with Crippen LogP contribution in [-0.2, 0) is 4.79 Å². The zero-order valence-electron chi connectivity index (χ0n) is 21.8. The van der Waals surface area contributed by atoms with Crippen molar-refractivity contribution in [1.29, 1.82) is 0 Å². The molecule has 1 amide bonds. The molecule has 1 aliphatic heterocycles. The third-order valence-corrected chi connectivity index (χ3v) is 6.74. The molecule has 0 aliphatic carbocycles. The number of benzene rings is 2. The predicted octanol–water partition coefficient (Wildman–Crippen LogP) is 4.51. The topological polar surface area (TPSA) is 121 Å². The molecule has 200 valence electrons. The van der Waals surface area contributed by atoms with Crippen LogP contribution in [0.25, 0.3) is 0 Å². The van der Waals surface area contributed by atoms with Gasteiger partial charge in [-0.3, -0.25) is 4.79 Å². The fourth-order valence-corrected chi connectivity index (χ4v) is 4.29. The number of nitrogens with two attached hydrogens (primary N) is 1. The fourth-order valence-electron chi connectivity index (χ4n) is 4.15. The molecule has 4 rings (SSSR count). The maximum atomic E-state index is 11.7. The smallest absolute Gasteiger partial charge is 0.247 e. The second-order valence-electron chi connectivity index (χ2n) is 9.08. The van der Waals surface area contributed by atoms with Gasteiger partial charge in [-0.15, -0.1) is 0 Å². The summed E-state index contributed by atoms with van der Waals surface area (Å²) in [7, 11) is 3.76. The van der Waals surface area contributed by atoms with E-state index in [4.69, 9.17) is 22.1 Å². The summed E-state index contributed by atoms with van der Waals surface area (Å²) < 4.78 is 5.66. The first kappa shape index (κ1) is 27.0. The van der Waals surface area contributed by atoms with Gasteiger partial charge in [-0.05, 0) is 49.9 Å². The van der Waals surface area contributed by atoms with Crippen LogP contribution in [0.3, 0.4) is 0 Å². The summed E-state index contributed by atoms with van der Waals surface area (Å²) in [6.07, 6.45) is 1.22. The molecule has 11 heteroatoms. The van der Waals surface area contributed by atoms with Crippen LogP contribution < -0.4 is 31.3 Å². The first-order chi connectivity index (χ1) is 18.3. The summed E-state index contributed by atoms with van der Waals surface area (Å²) in [5.74, 6) is 1.18. The Morgan fingerprint density at radius 2 is 1.95 bits per heavy atom. The van der Waals surface area contributed by atoms with Crippen LogP contribution in [0.5, 0.6) is 5.75 Å². The highest BCUT2D eigenvalue weighted by molar-refractivity contribution is 6.35. The third-order valence-electron chi connectivity index (χ3n) is 6.37. The molecule has 1 atom stereocenters. The first-order valence-corrected chi connectivity index (χ1v) is 12.7. The van der Waals surface area contributed by atoms with Gasteiger partial charge in [0.05, 0.1) is 18.8 Å². The van der Waals surface area contributed by atoms with Crippen LogP contribution in [0.15, 0.2) is 55.1 Å². The number of nitrogen functional groups attached to an aromatic ring is 1. The average Bonchev–Trinajstić information content (AvgIpc) is 2.92. The maximum Gasteiger partial charge on any atom is 0.247 e. The largest absolute Gasteiger partial charge is 0.494 e. The van der Waals surface area contributed by atoms with Gasteiger partial charge in [0.25, 0.3) is 0 Å². The van der Waals surface area contributed by atoms with Gasteiger partial charge in [0, 0.05) is 43.6 Å². The van der Waals surface area contributed by atoms with Gasteiger partial charge >= 0.3 is 0 Å². The van der Waals surface area contributed by atoms with Crippen molar-refractivity contribution in [2.24, 2.45) is 0 Å². The van der Waals surface area contributed by atoms with Gasteiger partial charge in [-0.25, -0.2) is 0 Å². The van der Waals surface area contributed by atoms with Crippen LogP contribution in [0.1, 0.15) is 18.5 Å². The molecule has 3 aromatic rings. The molecule has 1 saturated heterocycles. The monoisotopic (exact) mass is 536 g/mol. The Hall–Kier alpha value is -4.02.